The minimum atomic E-state index is 0.570. The molecule has 2 heterocycles. The molecule has 1 atom stereocenters. The van der Waals surface area contributed by atoms with Crippen LogP contribution in [0.25, 0.3) is 5.69 Å². The quantitative estimate of drug-likeness (QED) is 0.356. The van der Waals surface area contributed by atoms with E-state index >= 15 is 0 Å². The van der Waals surface area contributed by atoms with Crippen LogP contribution in [0.3, 0.4) is 0 Å². The van der Waals surface area contributed by atoms with E-state index < -0.39 is 0 Å². The maximum absolute atomic E-state index is 5.77. The highest BCUT2D eigenvalue weighted by atomic mass is 16.5. The van der Waals surface area contributed by atoms with E-state index in [1.807, 2.05) is 29.8 Å². The molecule has 1 saturated heterocycles. The summed E-state index contributed by atoms with van der Waals surface area (Å²) in [5.41, 5.74) is 4.38. The van der Waals surface area contributed by atoms with Gasteiger partial charge in [0.1, 0.15) is 0 Å². The molecule has 0 spiro atoms. The first kappa shape index (κ1) is 22.3. The molecule has 2 N–H and O–H groups in total. The molecular weight excluding hydrogens is 378 g/mol. The van der Waals surface area contributed by atoms with Crippen LogP contribution in [0.4, 0.5) is 0 Å². The highest BCUT2D eigenvalue weighted by Gasteiger charge is 2.15. The van der Waals surface area contributed by atoms with Gasteiger partial charge in [-0.1, -0.05) is 18.2 Å². The van der Waals surface area contributed by atoms with Gasteiger partial charge in [0.2, 0.25) is 0 Å². The first-order valence-corrected chi connectivity index (χ1v) is 11.0. The van der Waals surface area contributed by atoms with E-state index in [1.54, 1.807) is 0 Å². The Bertz CT molecular complexity index is 797. The molecule has 0 radical (unpaired) electrons. The molecule has 3 rings (SSSR count). The summed E-state index contributed by atoms with van der Waals surface area (Å²) in [5.74, 6) is 1.40. The third-order valence-corrected chi connectivity index (χ3v) is 5.32. The summed E-state index contributed by atoms with van der Waals surface area (Å²) < 4.78 is 13.1. The zero-order valence-electron chi connectivity index (χ0n) is 18.5. The summed E-state index contributed by atoms with van der Waals surface area (Å²) in [6.07, 6.45) is 2.07. The number of aliphatic imine (C=N–C) groups is 1. The molecule has 1 aliphatic rings. The number of nitrogens with one attached hydrogen (secondary N) is 2. The molecule has 1 aromatic heterocycles. The zero-order valence-corrected chi connectivity index (χ0v) is 18.5. The fourth-order valence-corrected chi connectivity index (χ4v) is 3.57. The first-order valence-electron chi connectivity index (χ1n) is 11.0. The lowest BCUT2D eigenvalue weighted by Crippen LogP contribution is -2.38. The van der Waals surface area contributed by atoms with Crippen molar-refractivity contribution in [2.75, 3.05) is 39.5 Å². The summed E-state index contributed by atoms with van der Waals surface area (Å²) in [4.78, 5) is 4.78. The number of ether oxygens (including phenoxy) is 2. The SMILES string of the molecule is CCNC(=NCc1c(C)nn(-c2ccccc2)c1C)NCCCOCC1CCOC1. The molecule has 30 heavy (non-hydrogen) atoms. The van der Waals surface area contributed by atoms with Gasteiger partial charge in [0.15, 0.2) is 5.96 Å². The largest absolute Gasteiger partial charge is 0.381 e. The third-order valence-electron chi connectivity index (χ3n) is 5.32. The second kappa shape index (κ2) is 11.7. The minimum Gasteiger partial charge on any atom is -0.381 e. The van der Waals surface area contributed by atoms with Crippen LogP contribution in [-0.4, -0.2) is 55.3 Å². The van der Waals surface area contributed by atoms with Crippen molar-refractivity contribution in [3.05, 3.63) is 47.3 Å². The molecule has 2 aromatic rings. The van der Waals surface area contributed by atoms with Crippen molar-refractivity contribution in [1.29, 1.82) is 0 Å². The second-order valence-electron chi connectivity index (χ2n) is 7.68. The maximum Gasteiger partial charge on any atom is 0.191 e. The van der Waals surface area contributed by atoms with Gasteiger partial charge >= 0.3 is 0 Å². The lowest BCUT2D eigenvalue weighted by Gasteiger charge is -2.12. The number of nitrogens with zero attached hydrogens (tertiary/aromatic N) is 3. The van der Waals surface area contributed by atoms with E-state index in [0.717, 1.165) is 81.0 Å². The van der Waals surface area contributed by atoms with Crippen LogP contribution in [0.1, 0.15) is 36.7 Å². The van der Waals surface area contributed by atoms with Gasteiger partial charge in [-0.15, -0.1) is 0 Å². The Hall–Kier alpha value is -2.38. The number of hydrogen-bond donors (Lipinski definition) is 2. The molecular formula is C23H35N5O2. The molecule has 164 valence electrons. The summed E-state index contributed by atoms with van der Waals surface area (Å²) in [6, 6.07) is 10.2. The Morgan fingerprint density at radius 1 is 1.27 bits per heavy atom. The van der Waals surface area contributed by atoms with E-state index in [-0.39, 0.29) is 0 Å². The summed E-state index contributed by atoms with van der Waals surface area (Å²) >= 11 is 0. The normalized spacial score (nSPS) is 16.8. The smallest absolute Gasteiger partial charge is 0.191 e. The number of aryl methyl sites for hydroxylation is 1. The average Bonchev–Trinajstić information content (AvgIpc) is 3.37. The molecule has 7 heteroatoms. The topological polar surface area (TPSA) is 72.7 Å². The van der Waals surface area contributed by atoms with E-state index in [4.69, 9.17) is 19.6 Å². The highest BCUT2D eigenvalue weighted by molar-refractivity contribution is 5.79. The molecule has 1 unspecified atom stereocenters. The van der Waals surface area contributed by atoms with Gasteiger partial charge in [0, 0.05) is 43.5 Å². The standard InChI is InChI=1S/C23H35N5O2/c1-4-24-23(25-12-8-13-29-16-20-11-14-30-17-20)26-15-22-18(2)27-28(19(22)3)21-9-6-5-7-10-21/h5-7,9-10,20H,4,8,11-17H2,1-3H3,(H2,24,25,26). The van der Waals surface area contributed by atoms with Crippen molar-refractivity contribution in [1.82, 2.24) is 20.4 Å². The first-order chi connectivity index (χ1) is 14.7. The number of benzene rings is 1. The van der Waals surface area contributed by atoms with Crippen molar-refractivity contribution in [3.63, 3.8) is 0 Å². The van der Waals surface area contributed by atoms with E-state index in [1.165, 1.54) is 0 Å². The Morgan fingerprint density at radius 2 is 2.10 bits per heavy atom. The van der Waals surface area contributed by atoms with Gasteiger partial charge in [-0.2, -0.15) is 5.10 Å². The van der Waals surface area contributed by atoms with Crippen molar-refractivity contribution >= 4 is 5.96 Å². The van der Waals surface area contributed by atoms with Crippen LogP contribution < -0.4 is 10.6 Å². The number of aromatic nitrogens is 2. The van der Waals surface area contributed by atoms with Gasteiger partial charge in [-0.3, -0.25) is 0 Å². The molecule has 0 saturated carbocycles. The summed E-state index contributed by atoms with van der Waals surface area (Å²) in [5, 5.41) is 11.4. The molecule has 7 nitrogen and oxygen atoms in total. The van der Waals surface area contributed by atoms with Crippen molar-refractivity contribution in [2.24, 2.45) is 10.9 Å². The number of hydrogen-bond acceptors (Lipinski definition) is 4. The lowest BCUT2D eigenvalue weighted by molar-refractivity contribution is 0.0888. The second-order valence-corrected chi connectivity index (χ2v) is 7.68. The van der Waals surface area contributed by atoms with E-state index in [9.17, 15) is 0 Å². The fraction of sp³-hybridized carbons (Fsp3) is 0.565. The Labute approximate surface area is 179 Å². The van der Waals surface area contributed by atoms with Crippen LogP contribution in [0.2, 0.25) is 0 Å². The molecule has 0 amide bonds. The van der Waals surface area contributed by atoms with Gasteiger partial charge in [-0.05, 0) is 45.7 Å². The number of rotatable bonds is 10. The molecule has 1 fully saturated rings. The monoisotopic (exact) mass is 413 g/mol. The van der Waals surface area contributed by atoms with Gasteiger partial charge in [0.05, 0.1) is 31.1 Å². The predicted octanol–water partition coefficient (Wildman–Crippen LogP) is 2.99. The highest BCUT2D eigenvalue weighted by Crippen LogP contribution is 2.18. The van der Waals surface area contributed by atoms with Crippen LogP contribution in [0, 0.1) is 19.8 Å². The van der Waals surface area contributed by atoms with Crippen LogP contribution in [0.15, 0.2) is 35.3 Å². The fourth-order valence-electron chi connectivity index (χ4n) is 3.57. The Morgan fingerprint density at radius 3 is 2.83 bits per heavy atom. The maximum atomic E-state index is 5.77. The Kier molecular flexibility index (Phi) is 8.71. The van der Waals surface area contributed by atoms with Crippen LogP contribution in [0.5, 0.6) is 0 Å². The van der Waals surface area contributed by atoms with Gasteiger partial charge in [-0.25, -0.2) is 9.67 Å². The minimum absolute atomic E-state index is 0.570. The molecule has 0 bridgehead atoms. The predicted molar refractivity (Wildman–Crippen MR) is 120 cm³/mol. The summed E-state index contributed by atoms with van der Waals surface area (Å²) in [7, 11) is 0. The number of para-hydroxylation sites is 1. The van der Waals surface area contributed by atoms with Gasteiger partial charge in [0.25, 0.3) is 0 Å². The zero-order chi connectivity index (χ0) is 21.2. The van der Waals surface area contributed by atoms with Crippen molar-refractivity contribution < 1.29 is 9.47 Å². The van der Waals surface area contributed by atoms with E-state index in [0.29, 0.717) is 12.5 Å². The van der Waals surface area contributed by atoms with Crippen LogP contribution >= 0.6 is 0 Å². The summed E-state index contributed by atoms with van der Waals surface area (Å²) in [6.45, 7) is 11.8. The lowest BCUT2D eigenvalue weighted by atomic mass is 10.1. The molecule has 1 aromatic carbocycles. The van der Waals surface area contributed by atoms with Gasteiger partial charge < -0.3 is 20.1 Å². The molecule has 1 aliphatic heterocycles. The molecule has 0 aliphatic carbocycles. The number of guanidine groups is 1. The third kappa shape index (κ3) is 6.31. The Balaban J connectivity index is 1.50. The van der Waals surface area contributed by atoms with Crippen molar-refractivity contribution in [3.8, 4) is 5.69 Å². The van der Waals surface area contributed by atoms with E-state index in [2.05, 4.69) is 36.6 Å². The average molecular weight is 414 g/mol. The van der Waals surface area contributed by atoms with Crippen LogP contribution in [-0.2, 0) is 16.0 Å². The van der Waals surface area contributed by atoms with Crippen molar-refractivity contribution in [2.45, 2.75) is 40.2 Å².